The lowest BCUT2D eigenvalue weighted by molar-refractivity contribution is 0.0547. The molecule has 9 nitrogen and oxygen atoms in total. The number of nitrogens with zero attached hydrogens (tertiary/aromatic N) is 3. The van der Waals surface area contributed by atoms with Gasteiger partial charge >= 0.3 is 0 Å². The van der Waals surface area contributed by atoms with Crippen LogP contribution in [-0.2, 0) is 16.0 Å². The average molecular weight is 387 g/mol. The van der Waals surface area contributed by atoms with E-state index in [0.717, 1.165) is 12.8 Å². The zero-order valence-electron chi connectivity index (χ0n) is 16.1. The van der Waals surface area contributed by atoms with Crippen LogP contribution in [0.3, 0.4) is 0 Å². The molecule has 1 aliphatic carbocycles. The summed E-state index contributed by atoms with van der Waals surface area (Å²) in [6.45, 7) is 3.96. The number of rotatable bonds is 14. The third-order valence-corrected chi connectivity index (χ3v) is 4.00. The molecule has 5 N–H and O–H groups in total. The first-order chi connectivity index (χ1) is 13.8. The van der Waals surface area contributed by atoms with E-state index in [-0.39, 0.29) is 0 Å². The molecule has 3 rings (SSSR count). The molecule has 0 atom stereocenters. The molecule has 0 aliphatic heterocycles. The predicted molar refractivity (Wildman–Crippen MR) is 109 cm³/mol. The molecule has 2 aromatic rings. The number of nitrogens with two attached hydrogens (primary N) is 1. The van der Waals surface area contributed by atoms with Crippen molar-refractivity contribution >= 4 is 17.8 Å². The van der Waals surface area contributed by atoms with Gasteiger partial charge < -0.3 is 31.2 Å². The van der Waals surface area contributed by atoms with Gasteiger partial charge in [0, 0.05) is 25.7 Å². The van der Waals surface area contributed by atoms with Crippen molar-refractivity contribution in [1.29, 1.82) is 0 Å². The van der Waals surface area contributed by atoms with Gasteiger partial charge in [0.2, 0.25) is 17.8 Å². The highest BCUT2D eigenvalue weighted by Gasteiger charge is 2.22. The van der Waals surface area contributed by atoms with Gasteiger partial charge in [0.15, 0.2) is 0 Å². The Balaban J connectivity index is 1.48. The van der Waals surface area contributed by atoms with Gasteiger partial charge in [-0.15, -0.1) is 0 Å². The van der Waals surface area contributed by atoms with Crippen LogP contribution < -0.4 is 21.7 Å². The Labute approximate surface area is 165 Å². The van der Waals surface area contributed by atoms with E-state index < -0.39 is 0 Å². The highest BCUT2D eigenvalue weighted by molar-refractivity contribution is 5.43. The van der Waals surface area contributed by atoms with E-state index >= 15 is 0 Å². The maximum atomic E-state index is 5.51. The Morgan fingerprint density at radius 1 is 0.857 bits per heavy atom. The molecule has 0 saturated heterocycles. The van der Waals surface area contributed by atoms with Crippen molar-refractivity contribution < 1.29 is 9.47 Å². The van der Waals surface area contributed by atoms with E-state index in [2.05, 4.69) is 43.0 Å². The lowest BCUT2D eigenvalue weighted by Crippen LogP contribution is -2.17. The van der Waals surface area contributed by atoms with Crippen LogP contribution in [0, 0.1) is 0 Å². The van der Waals surface area contributed by atoms with Crippen molar-refractivity contribution in [2.24, 2.45) is 5.73 Å². The first-order valence-electron chi connectivity index (χ1n) is 9.73. The van der Waals surface area contributed by atoms with Gasteiger partial charge in [0.25, 0.3) is 0 Å². The molecule has 1 heterocycles. The quantitative estimate of drug-likeness (QED) is 0.357. The molecule has 1 aliphatic rings. The minimum Gasteiger partial charge on any atom is -0.378 e. The van der Waals surface area contributed by atoms with Crippen molar-refractivity contribution in [1.82, 2.24) is 15.0 Å². The molecule has 9 heteroatoms. The highest BCUT2D eigenvalue weighted by atomic mass is 16.5. The molecular formula is C19H29N7O2. The van der Waals surface area contributed by atoms with Crippen molar-refractivity contribution in [3.8, 4) is 0 Å². The van der Waals surface area contributed by atoms with E-state index in [1.807, 2.05) is 18.2 Å². The topological polar surface area (TPSA) is 119 Å². The van der Waals surface area contributed by atoms with Crippen LogP contribution in [0.4, 0.5) is 17.8 Å². The lowest BCUT2D eigenvalue weighted by Gasteiger charge is -2.11. The van der Waals surface area contributed by atoms with Gasteiger partial charge in [-0.05, 0) is 18.4 Å². The van der Waals surface area contributed by atoms with Crippen LogP contribution in [0.25, 0.3) is 0 Å². The lowest BCUT2D eigenvalue weighted by atomic mass is 10.2. The molecule has 1 aromatic heterocycles. The van der Waals surface area contributed by atoms with Crippen molar-refractivity contribution in [2.45, 2.75) is 25.4 Å². The van der Waals surface area contributed by atoms with Gasteiger partial charge in [-0.25, -0.2) is 0 Å². The smallest absolute Gasteiger partial charge is 0.229 e. The van der Waals surface area contributed by atoms with E-state index in [1.54, 1.807) is 0 Å². The van der Waals surface area contributed by atoms with Crippen LogP contribution in [0.1, 0.15) is 18.4 Å². The normalized spacial score (nSPS) is 13.3. The van der Waals surface area contributed by atoms with Crippen LogP contribution in [-0.4, -0.2) is 60.5 Å². The summed E-state index contributed by atoms with van der Waals surface area (Å²) in [6, 6.07) is 10.6. The third kappa shape index (κ3) is 7.63. The second-order valence-corrected chi connectivity index (χ2v) is 6.50. The second kappa shape index (κ2) is 11.4. The van der Waals surface area contributed by atoms with E-state index in [4.69, 9.17) is 15.2 Å². The summed E-state index contributed by atoms with van der Waals surface area (Å²) >= 11 is 0. The monoisotopic (exact) mass is 387 g/mol. The average Bonchev–Trinajstić information content (AvgIpc) is 3.53. The summed E-state index contributed by atoms with van der Waals surface area (Å²) in [4.78, 5) is 13.4. The minimum absolute atomic E-state index is 0.467. The number of hydrogen-bond donors (Lipinski definition) is 4. The molecule has 1 saturated carbocycles. The van der Waals surface area contributed by atoms with Crippen LogP contribution in [0.2, 0.25) is 0 Å². The molecule has 152 valence electrons. The number of hydrogen-bond acceptors (Lipinski definition) is 9. The first kappa shape index (κ1) is 20.2. The van der Waals surface area contributed by atoms with E-state index in [1.165, 1.54) is 5.56 Å². The minimum atomic E-state index is 0.467. The molecule has 0 bridgehead atoms. The van der Waals surface area contributed by atoms with Gasteiger partial charge in [0.1, 0.15) is 0 Å². The number of nitrogens with one attached hydrogen (secondary N) is 3. The van der Waals surface area contributed by atoms with Gasteiger partial charge in [-0.3, -0.25) is 0 Å². The molecular weight excluding hydrogens is 358 g/mol. The Morgan fingerprint density at radius 2 is 1.54 bits per heavy atom. The van der Waals surface area contributed by atoms with Crippen LogP contribution >= 0.6 is 0 Å². The Hall–Kier alpha value is -2.49. The number of anilines is 3. The number of ether oxygens (including phenoxy) is 2. The second-order valence-electron chi connectivity index (χ2n) is 6.50. The van der Waals surface area contributed by atoms with Gasteiger partial charge in [0.05, 0.1) is 26.4 Å². The van der Waals surface area contributed by atoms with Crippen molar-refractivity contribution in [3.63, 3.8) is 0 Å². The van der Waals surface area contributed by atoms with E-state index in [9.17, 15) is 0 Å². The molecule has 1 fully saturated rings. The Kier molecular flexibility index (Phi) is 8.23. The van der Waals surface area contributed by atoms with Gasteiger partial charge in [-0.2, -0.15) is 15.0 Å². The highest BCUT2D eigenvalue weighted by Crippen LogP contribution is 2.23. The van der Waals surface area contributed by atoms with Crippen LogP contribution in [0.15, 0.2) is 30.3 Å². The first-order valence-corrected chi connectivity index (χ1v) is 9.73. The zero-order chi connectivity index (χ0) is 19.4. The summed E-state index contributed by atoms with van der Waals surface area (Å²) < 4.78 is 10.8. The number of benzene rings is 1. The summed E-state index contributed by atoms with van der Waals surface area (Å²) in [5, 5.41) is 9.78. The standard InChI is InChI=1S/C19H29N7O2/c20-8-10-27-12-13-28-11-9-21-17-24-18(22-14-15-4-2-1-3-5-15)26-19(25-17)23-16-6-7-16/h1-5,16H,6-14,20H2,(H3,21,22,23,24,25,26). The fourth-order valence-electron chi connectivity index (χ4n) is 2.43. The fraction of sp³-hybridized carbons (Fsp3) is 0.526. The summed E-state index contributed by atoms with van der Waals surface area (Å²) in [5.74, 6) is 1.66. The largest absolute Gasteiger partial charge is 0.378 e. The Morgan fingerprint density at radius 3 is 2.25 bits per heavy atom. The Bertz CT molecular complexity index is 698. The third-order valence-electron chi connectivity index (χ3n) is 4.00. The molecule has 1 aromatic carbocycles. The van der Waals surface area contributed by atoms with Crippen molar-refractivity contribution in [2.75, 3.05) is 55.5 Å². The molecule has 0 unspecified atom stereocenters. The van der Waals surface area contributed by atoms with Crippen LogP contribution in [0.5, 0.6) is 0 Å². The maximum absolute atomic E-state index is 5.51. The van der Waals surface area contributed by atoms with E-state index in [0.29, 0.717) is 69.9 Å². The molecule has 0 amide bonds. The molecule has 28 heavy (non-hydrogen) atoms. The van der Waals surface area contributed by atoms with Gasteiger partial charge in [-0.1, -0.05) is 30.3 Å². The summed E-state index contributed by atoms with van der Waals surface area (Å²) in [7, 11) is 0. The van der Waals surface area contributed by atoms with Crippen molar-refractivity contribution in [3.05, 3.63) is 35.9 Å². The molecule has 0 radical (unpaired) electrons. The summed E-state index contributed by atoms with van der Waals surface area (Å²) in [5.41, 5.74) is 6.53. The molecule has 0 spiro atoms. The predicted octanol–water partition coefficient (Wildman–Crippen LogP) is 1.46. The zero-order valence-corrected chi connectivity index (χ0v) is 16.1. The summed E-state index contributed by atoms with van der Waals surface area (Å²) in [6.07, 6.45) is 2.31. The fourth-order valence-corrected chi connectivity index (χ4v) is 2.43. The maximum Gasteiger partial charge on any atom is 0.229 e. The SMILES string of the molecule is NCCOCCOCCNc1nc(NCc2ccccc2)nc(NC2CC2)n1. The number of aromatic nitrogens is 3.